The molecule has 5 aromatic carbocycles. The zero-order valence-electron chi connectivity index (χ0n) is 23.4. The second kappa shape index (κ2) is 13.0. The molecule has 0 bridgehead atoms. The van der Waals surface area contributed by atoms with E-state index in [9.17, 15) is 9.18 Å². The molecule has 1 atom stereocenters. The van der Waals surface area contributed by atoms with E-state index in [0.29, 0.717) is 29.6 Å². The van der Waals surface area contributed by atoms with Crippen molar-refractivity contribution in [3.05, 3.63) is 167 Å². The molecule has 0 radical (unpaired) electrons. The minimum absolute atomic E-state index is 0.0479. The molecule has 0 aliphatic heterocycles. The number of para-hydroxylation sites is 1. The zero-order chi connectivity index (χ0) is 29.6. The summed E-state index contributed by atoms with van der Waals surface area (Å²) in [6, 6.07) is 39.8. The third kappa shape index (κ3) is 6.96. The van der Waals surface area contributed by atoms with Crippen molar-refractivity contribution in [2.45, 2.75) is 25.4 Å². The van der Waals surface area contributed by atoms with Crippen molar-refractivity contribution in [2.24, 2.45) is 0 Å². The normalized spacial score (nSPS) is 11.8. The third-order valence-electron chi connectivity index (χ3n) is 7.49. The van der Waals surface area contributed by atoms with Crippen molar-refractivity contribution < 1.29 is 13.9 Å². The second-order valence-electron chi connectivity index (χ2n) is 10.5. The highest BCUT2D eigenvalue weighted by Crippen LogP contribution is 2.37. The van der Waals surface area contributed by atoms with Gasteiger partial charge in [0.05, 0.1) is 0 Å². The first-order chi connectivity index (χ1) is 21.0. The van der Waals surface area contributed by atoms with Crippen LogP contribution in [0.5, 0.6) is 11.5 Å². The van der Waals surface area contributed by atoms with Gasteiger partial charge in [-0.25, -0.2) is 4.39 Å². The Bertz CT molecular complexity index is 1830. The maximum Gasteiger partial charge on any atom is 0.221 e. The fourth-order valence-corrected chi connectivity index (χ4v) is 5.49. The molecule has 43 heavy (non-hydrogen) atoms. The minimum Gasteiger partial charge on any atom is -0.457 e. The van der Waals surface area contributed by atoms with Gasteiger partial charge in [-0.3, -0.25) is 4.79 Å². The molecule has 0 spiro atoms. The molecule has 6 aromatic rings. The van der Waals surface area contributed by atoms with Crippen LogP contribution in [0.4, 0.5) is 4.39 Å². The van der Waals surface area contributed by atoms with Gasteiger partial charge in [-0.15, -0.1) is 0 Å². The first-order valence-electron chi connectivity index (χ1n) is 14.2. The van der Waals surface area contributed by atoms with Crippen molar-refractivity contribution >= 4 is 28.4 Å². The molecule has 1 amide bonds. The number of halogens is 2. The molecule has 214 valence electrons. The number of hydrogen-bond donors (Lipinski definition) is 1. The van der Waals surface area contributed by atoms with Crippen molar-refractivity contribution in [1.29, 1.82) is 0 Å². The van der Waals surface area contributed by atoms with E-state index >= 15 is 0 Å². The quantitative estimate of drug-likeness (QED) is 0.173. The number of nitrogens with zero attached hydrogens (tertiary/aromatic N) is 1. The summed E-state index contributed by atoms with van der Waals surface area (Å²) in [5.41, 5.74) is 5.08. The summed E-state index contributed by atoms with van der Waals surface area (Å²) in [6.45, 7) is 1.03. The lowest BCUT2D eigenvalue weighted by Gasteiger charge is -2.18. The number of rotatable bonds is 10. The van der Waals surface area contributed by atoms with Gasteiger partial charge < -0.3 is 14.6 Å². The number of fused-ring (bicyclic) bond motifs is 1. The Morgan fingerprint density at radius 2 is 1.53 bits per heavy atom. The van der Waals surface area contributed by atoms with E-state index in [1.54, 1.807) is 24.3 Å². The van der Waals surface area contributed by atoms with Crippen molar-refractivity contribution in [3.63, 3.8) is 0 Å². The van der Waals surface area contributed by atoms with Gasteiger partial charge in [0.1, 0.15) is 17.3 Å². The van der Waals surface area contributed by atoms with Gasteiger partial charge in [0, 0.05) is 47.6 Å². The highest BCUT2D eigenvalue weighted by Gasteiger charge is 2.23. The number of benzene rings is 5. The summed E-state index contributed by atoms with van der Waals surface area (Å²) >= 11 is 6.06. The lowest BCUT2D eigenvalue weighted by molar-refractivity contribution is -0.121. The van der Waals surface area contributed by atoms with Crippen LogP contribution in [-0.4, -0.2) is 10.5 Å². The number of carbonyl (C=O) groups excluding carboxylic acids is 1. The third-order valence-corrected chi connectivity index (χ3v) is 7.74. The number of hydrogen-bond acceptors (Lipinski definition) is 2. The van der Waals surface area contributed by atoms with Crippen LogP contribution >= 0.6 is 11.6 Å². The fraction of sp³-hybridized carbons (Fsp3) is 0.108. The van der Waals surface area contributed by atoms with Crippen LogP contribution in [-0.2, 0) is 17.9 Å². The van der Waals surface area contributed by atoms with Crippen molar-refractivity contribution in [2.75, 3.05) is 0 Å². The summed E-state index contributed by atoms with van der Waals surface area (Å²) in [6.07, 6.45) is 2.37. The van der Waals surface area contributed by atoms with Gasteiger partial charge in [0.25, 0.3) is 0 Å². The lowest BCUT2D eigenvalue weighted by atomic mass is 9.88. The van der Waals surface area contributed by atoms with Crippen molar-refractivity contribution in [1.82, 2.24) is 9.88 Å². The minimum atomic E-state index is -0.260. The molecule has 0 saturated carbocycles. The Hall–Kier alpha value is -4.87. The Morgan fingerprint density at radius 1 is 0.791 bits per heavy atom. The molecule has 0 fully saturated rings. The van der Waals surface area contributed by atoms with E-state index in [2.05, 4.69) is 28.2 Å². The van der Waals surface area contributed by atoms with Gasteiger partial charge in [-0.2, -0.15) is 0 Å². The molecule has 1 N–H and O–H groups in total. The molecular weight excluding hydrogens is 559 g/mol. The van der Waals surface area contributed by atoms with Gasteiger partial charge in [0.15, 0.2) is 0 Å². The number of amides is 1. The Labute approximate surface area is 255 Å². The molecule has 6 heteroatoms. The maximum atomic E-state index is 13.6. The number of carbonyl (C=O) groups is 1. The van der Waals surface area contributed by atoms with Gasteiger partial charge in [-0.05, 0) is 76.9 Å². The maximum absolute atomic E-state index is 13.6. The highest BCUT2D eigenvalue weighted by molar-refractivity contribution is 6.30. The van der Waals surface area contributed by atoms with Gasteiger partial charge in [-0.1, -0.05) is 84.4 Å². The Morgan fingerprint density at radius 3 is 2.33 bits per heavy atom. The summed E-state index contributed by atoms with van der Waals surface area (Å²) in [5, 5.41) is 4.81. The lowest BCUT2D eigenvalue weighted by Crippen LogP contribution is -2.25. The summed E-state index contributed by atoms with van der Waals surface area (Å²) < 4.78 is 21.9. The molecule has 6 rings (SSSR count). The molecule has 4 nitrogen and oxygen atoms in total. The van der Waals surface area contributed by atoms with Crippen LogP contribution < -0.4 is 10.1 Å². The predicted octanol–water partition coefficient (Wildman–Crippen LogP) is 9.11. The molecule has 0 aliphatic rings. The molecular formula is C37H30ClFN2O2. The highest BCUT2D eigenvalue weighted by atomic mass is 35.5. The van der Waals surface area contributed by atoms with Gasteiger partial charge in [0.2, 0.25) is 5.91 Å². The van der Waals surface area contributed by atoms with E-state index in [-0.39, 0.29) is 24.1 Å². The molecule has 0 unspecified atom stereocenters. The Kier molecular flexibility index (Phi) is 8.52. The van der Waals surface area contributed by atoms with E-state index in [1.165, 1.54) is 12.1 Å². The van der Waals surface area contributed by atoms with E-state index in [0.717, 1.165) is 33.2 Å². The number of ether oxygens (including phenoxy) is 1. The summed E-state index contributed by atoms with van der Waals surface area (Å²) in [4.78, 5) is 13.4. The SMILES string of the molecule is O=C(C[C@H](c1cccc(Oc2ccc(Cl)cc2)c1)c1cn(Cc2ccc(F)cc2)c2ccccc12)NCc1ccccc1. The summed E-state index contributed by atoms with van der Waals surface area (Å²) in [7, 11) is 0. The smallest absolute Gasteiger partial charge is 0.221 e. The van der Waals surface area contributed by atoms with Crippen LogP contribution in [0.2, 0.25) is 5.02 Å². The number of nitrogens with one attached hydrogen (secondary N) is 1. The molecule has 1 heterocycles. The summed E-state index contributed by atoms with van der Waals surface area (Å²) in [5.74, 6) is 0.792. The Balaban J connectivity index is 1.36. The van der Waals surface area contributed by atoms with Crippen molar-refractivity contribution in [3.8, 4) is 11.5 Å². The van der Waals surface area contributed by atoms with E-state index in [4.69, 9.17) is 16.3 Å². The van der Waals surface area contributed by atoms with E-state index < -0.39 is 0 Å². The van der Waals surface area contributed by atoms with Crippen LogP contribution in [0, 0.1) is 5.82 Å². The topological polar surface area (TPSA) is 43.3 Å². The largest absolute Gasteiger partial charge is 0.457 e. The molecule has 1 aromatic heterocycles. The van der Waals surface area contributed by atoms with Crippen LogP contribution in [0.15, 0.2) is 134 Å². The fourth-order valence-electron chi connectivity index (χ4n) is 5.37. The van der Waals surface area contributed by atoms with Crippen LogP contribution in [0.3, 0.4) is 0 Å². The number of aromatic nitrogens is 1. The monoisotopic (exact) mass is 588 g/mol. The van der Waals surface area contributed by atoms with Crippen LogP contribution in [0.25, 0.3) is 10.9 Å². The van der Waals surface area contributed by atoms with E-state index in [1.807, 2.05) is 78.9 Å². The average molecular weight is 589 g/mol. The molecule has 0 saturated heterocycles. The first kappa shape index (κ1) is 28.3. The van der Waals surface area contributed by atoms with Crippen LogP contribution in [0.1, 0.15) is 34.6 Å². The first-order valence-corrected chi connectivity index (χ1v) is 14.6. The standard InChI is InChI=1S/C37H30ClFN2O2/c38-29-15-19-31(20-16-29)43-32-10-6-9-28(21-32)34(22-37(42)40-23-26-7-2-1-3-8-26)35-25-41(36-12-5-4-11-33(35)36)24-27-13-17-30(39)18-14-27/h1-21,25,34H,22-24H2,(H,40,42)/t34-/m1/s1. The average Bonchev–Trinajstić information content (AvgIpc) is 3.39. The zero-order valence-corrected chi connectivity index (χ0v) is 24.2. The molecule has 0 aliphatic carbocycles. The second-order valence-corrected chi connectivity index (χ2v) is 10.9. The van der Waals surface area contributed by atoms with Gasteiger partial charge >= 0.3 is 0 Å². The predicted molar refractivity (Wildman–Crippen MR) is 170 cm³/mol.